The summed E-state index contributed by atoms with van der Waals surface area (Å²) in [6, 6.07) is 7.55. The lowest BCUT2D eigenvalue weighted by Gasteiger charge is -2.22. The Kier molecular flexibility index (Phi) is 4.40. The summed E-state index contributed by atoms with van der Waals surface area (Å²) >= 11 is 0. The van der Waals surface area contributed by atoms with Crippen LogP contribution in [0.15, 0.2) is 29.2 Å². The van der Waals surface area contributed by atoms with E-state index in [2.05, 4.69) is 26.2 Å². The summed E-state index contributed by atoms with van der Waals surface area (Å²) in [5.41, 5.74) is 1.35. The van der Waals surface area contributed by atoms with Gasteiger partial charge in [-0.1, -0.05) is 19.3 Å². The second-order valence-corrected chi connectivity index (χ2v) is 6.67. The van der Waals surface area contributed by atoms with Gasteiger partial charge in [0.2, 0.25) is 0 Å². The standard InChI is InChI=1S/C19H19N5O2/c20-9-14-8-13(17-21-10-15-18(22-17)23-24-19(15)25)6-7-16(14)26-11-12-4-2-1-3-5-12/h6-8,10,12H,1-5,11H2,(H2,21,22,23,24,25). The van der Waals surface area contributed by atoms with Gasteiger partial charge in [-0.3, -0.25) is 15.0 Å². The summed E-state index contributed by atoms with van der Waals surface area (Å²) in [5.74, 6) is 1.62. The van der Waals surface area contributed by atoms with Gasteiger partial charge in [0.15, 0.2) is 11.5 Å². The van der Waals surface area contributed by atoms with E-state index in [1.165, 1.54) is 38.3 Å². The van der Waals surface area contributed by atoms with Crippen LogP contribution in [-0.4, -0.2) is 26.8 Å². The maximum Gasteiger partial charge on any atom is 0.275 e. The second-order valence-electron chi connectivity index (χ2n) is 6.67. The molecule has 0 saturated heterocycles. The molecule has 0 unspecified atom stereocenters. The van der Waals surface area contributed by atoms with Crippen LogP contribution in [0.2, 0.25) is 0 Å². The van der Waals surface area contributed by atoms with Crippen LogP contribution in [0.4, 0.5) is 0 Å². The molecule has 2 aromatic heterocycles. The minimum Gasteiger partial charge on any atom is -0.492 e. The molecule has 0 radical (unpaired) electrons. The number of nitrogens with one attached hydrogen (secondary N) is 2. The molecular weight excluding hydrogens is 330 g/mol. The Hall–Kier alpha value is -3.14. The minimum atomic E-state index is -0.254. The minimum absolute atomic E-state index is 0.254. The highest BCUT2D eigenvalue weighted by Crippen LogP contribution is 2.28. The van der Waals surface area contributed by atoms with Gasteiger partial charge in [-0.2, -0.15) is 5.26 Å². The molecule has 7 nitrogen and oxygen atoms in total. The maximum absolute atomic E-state index is 11.5. The first-order valence-corrected chi connectivity index (χ1v) is 8.85. The fraction of sp³-hybridized carbons (Fsp3) is 0.368. The van der Waals surface area contributed by atoms with Crippen LogP contribution in [0.25, 0.3) is 22.4 Å². The van der Waals surface area contributed by atoms with Gasteiger partial charge in [0.05, 0.1) is 12.2 Å². The van der Waals surface area contributed by atoms with Gasteiger partial charge >= 0.3 is 0 Å². The third-order valence-electron chi connectivity index (χ3n) is 4.89. The number of hydrogen-bond acceptors (Lipinski definition) is 5. The third kappa shape index (κ3) is 3.18. The Bertz CT molecular complexity index is 1020. The highest BCUT2D eigenvalue weighted by atomic mass is 16.5. The van der Waals surface area contributed by atoms with Crippen molar-refractivity contribution in [2.45, 2.75) is 32.1 Å². The third-order valence-corrected chi connectivity index (χ3v) is 4.89. The molecule has 1 fully saturated rings. The average molecular weight is 349 g/mol. The van der Waals surface area contributed by atoms with E-state index in [1.54, 1.807) is 12.1 Å². The zero-order chi connectivity index (χ0) is 17.9. The Balaban J connectivity index is 1.57. The predicted octanol–water partition coefficient (Wildman–Crippen LogP) is 3.14. The second kappa shape index (κ2) is 7.00. The zero-order valence-electron chi connectivity index (χ0n) is 14.3. The van der Waals surface area contributed by atoms with Crippen molar-refractivity contribution >= 4 is 11.0 Å². The Morgan fingerprint density at radius 1 is 1.23 bits per heavy atom. The molecule has 4 rings (SSSR count). The van der Waals surface area contributed by atoms with Crippen LogP contribution in [0.1, 0.15) is 37.7 Å². The zero-order valence-corrected chi connectivity index (χ0v) is 14.3. The number of fused-ring (bicyclic) bond motifs is 1. The molecule has 1 aliphatic rings. The molecule has 1 saturated carbocycles. The summed E-state index contributed by atoms with van der Waals surface area (Å²) in [4.78, 5) is 20.1. The summed E-state index contributed by atoms with van der Waals surface area (Å²) in [6.45, 7) is 0.654. The van der Waals surface area contributed by atoms with E-state index in [0.29, 0.717) is 46.3 Å². The van der Waals surface area contributed by atoms with Gasteiger partial charge in [-0.15, -0.1) is 0 Å². The van der Waals surface area contributed by atoms with E-state index in [-0.39, 0.29) is 5.56 Å². The molecule has 26 heavy (non-hydrogen) atoms. The number of nitrogens with zero attached hydrogens (tertiary/aromatic N) is 3. The average Bonchev–Trinajstić information content (AvgIpc) is 3.07. The fourth-order valence-corrected chi connectivity index (χ4v) is 3.41. The van der Waals surface area contributed by atoms with Crippen LogP contribution in [0, 0.1) is 17.2 Å². The van der Waals surface area contributed by atoms with E-state index >= 15 is 0 Å². The molecule has 0 bridgehead atoms. The summed E-state index contributed by atoms with van der Waals surface area (Å²) in [6.07, 6.45) is 7.71. The molecule has 0 spiro atoms. The number of aromatic nitrogens is 4. The van der Waals surface area contributed by atoms with Crippen molar-refractivity contribution in [3.05, 3.63) is 40.3 Å². The van der Waals surface area contributed by atoms with E-state index in [4.69, 9.17) is 4.74 Å². The topological polar surface area (TPSA) is 107 Å². The van der Waals surface area contributed by atoms with Gasteiger partial charge < -0.3 is 4.74 Å². The Labute approximate surface area is 150 Å². The van der Waals surface area contributed by atoms with Gasteiger partial charge in [-0.25, -0.2) is 9.97 Å². The van der Waals surface area contributed by atoms with Crippen molar-refractivity contribution < 1.29 is 4.74 Å². The first-order valence-electron chi connectivity index (χ1n) is 8.85. The molecule has 0 atom stereocenters. The lowest BCUT2D eigenvalue weighted by Crippen LogP contribution is -2.15. The normalized spacial score (nSPS) is 15.0. The molecular formula is C19H19N5O2. The molecule has 2 heterocycles. The Morgan fingerprint density at radius 3 is 2.88 bits per heavy atom. The van der Waals surface area contributed by atoms with Crippen molar-refractivity contribution in [3.63, 3.8) is 0 Å². The lowest BCUT2D eigenvalue weighted by molar-refractivity contribution is 0.208. The molecule has 3 aromatic rings. The van der Waals surface area contributed by atoms with Crippen molar-refractivity contribution in [1.82, 2.24) is 20.2 Å². The fourth-order valence-electron chi connectivity index (χ4n) is 3.41. The van der Waals surface area contributed by atoms with Crippen molar-refractivity contribution in [3.8, 4) is 23.2 Å². The van der Waals surface area contributed by atoms with Crippen LogP contribution in [0.3, 0.4) is 0 Å². The first kappa shape index (κ1) is 16.3. The van der Waals surface area contributed by atoms with Gasteiger partial charge in [0.25, 0.3) is 5.56 Å². The highest BCUT2D eigenvalue weighted by molar-refractivity contribution is 5.75. The van der Waals surface area contributed by atoms with Crippen LogP contribution >= 0.6 is 0 Å². The van der Waals surface area contributed by atoms with Gasteiger partial charge in [0, 0.05) is 11.8 Å². The number of H-pyrrole nitrogens is 2. The molecule has 1 aromatic carbocycles. The predicted molar refractivity (Wildman–Crippen MR) is 96.7 cm³/mol. The smallest absolute Gasteiger partial charge is 0.275 e. The van der Waals surface area contributed by atoms with E-state index < -0.39 is 0 Å². The SMILES string of the molecule is N#Cc1cc(-c2ncc3c(=O)[nH][nH]c3n2)ccc1OCC1CCCCC1. The molecule has 0 amide bonds. The van der Waals surface area contributed by atoms with Crippen LogP contribution in [-0.2, 0) is 0 Å². The van der Waals surface area contributed by atoms with Gasteiger partial charge in [0.1, 0.15) is 17.2 Å². The van der Waals surface area contributed by atoms with Crippen molar-refractivity contribution in [1.29, 1.82) is 5.26 Å². The van der Waals surface area contributed by atoms with E-state index in [1.807, 2.05) is 6.07 Å². The molecule has 132 valence electrons. The number of rotatable bonds is 4. The highest BCUT2D eigenvalue weighted by Gasteiger charge is 2.16. The monoisotopic (exact) mass is 349 g/mol. The maximum atomic E-state index is 11.5. The van der Waals surface area contributed by atoms with Crippen molar-refractivity contribution in [2.75, 3.05) is 6.61 Å². The van der Waals surface area contributed by atoms with Gasteiger partial charge in [-0.05, 0) is 37.0 Å². The lowest BCUT2D eigenvalue weighted by atomic mass is 9.90. The number of hydrogen-bond donors (Lipinski definition) is 2. The van der Waals surface area contributed by atoms with E-state index in [9.17, 15) is 10.1 Å². The number of aromatic amines is 2. The number of nitriles is 1. The summed E-state index contributed by atoms with van der Waals surface area (Å²) in [5, 5.41) is 15.1. The summed E-state index contributed by atoms with van der Waals surface area (Å²) < 4.78 is 5.92. The van der Waals surface area contributed by atoms with Crippen molar-refractivity contribution in [2.24, 2.45) is 5.92 Å². The summed E-state index contributed by atoms with van der Waals surface area (Å²) in [7, 11) is 0. The molecule has 7 heteroatoms. The molecule has 0 aliphatic heterocycles. The van der Waals surface area contributed by atoms with Crippen LogP contribution in [0.5, 0.6) is 5.75 Å². The molecule has 1 aliphatic carbocycles. The molecule has 2 N–H and O–H groups in total. The number of ether oxygens (including phenoxy) is 1. The number of benzene rings is 1. The quantitative estimate of drug-likeness (QED) is 0.752. The first-order chi connectivity index (χ1) is 12.7. The Morgan fingerprint density at radius 2 is 2.08 bits per heavy atom. The van der Waals surface area contributed by atoms with Crippen LogP contribution < -0.4 is 10.3 Å². The van der Waals surface area contributed by atoms with E-state index in [0.717, 1.165) is 0 Å². The largest absolute Gasteiger partial charge is 0.492 e.